The summed E-state index contributed by atoms with van der Waals surface area (Å²) < 4.78 is 13.3. The smallest absolute Gasteiger partial charge is 0.258 e. The van der Waals surface area contributed by atoms with Crippen molar-refractivity contribution in [2.24, 2.45) is 0 Å². The summed E-state index contributed by atoms with van der Waals surface area (Å²) in [6.45, 7) is 4.04. The Bertz CT molecular complexity index is 640. The predicted octanol–water partition coefficient (Wildman–Crippen LogP) is 3.38. The van der Waals surface area contributed by atoms with Crippen molar-refractivity contribution < 1.29 is 9.18 Å². The van der Waals surface area contributed by atoms with Gasteiger partial charge >= 0.3 is 0 Å². The van der Waals surface area contributed by atoms with Gasteiger partial charge in [-0.2, -0.15) is 0 Å². The van der Waals surface area contributed by atoms with Crippen LogP contribution in [0.25, 0.3) is 0 Å². The van der Waals surface area contributed by atoms with Gasteiger partial charge in [0.1, 0.15) is 5.82 Å². The Hall–Kier alpha value is -2.36. The minimum atomic E-state index is -0.312. The van der Waals surface area contributed by atoms with Crippen LogP contribution in [0.4, 0.5) is 15.8 Å². The van der Waals surface area contributed by atoms with Gasteiger partial charge in [0.25, 0.3) is 5.91 Å². The Kier molecular flexibility index (Phi) is 4.03. The maximum absolute atomic E-state index is 13.3. The third-order valence-corrected chi connectivity index (χ3v) is 3.15. The number of rotatable bonds is 3. The van der Waals surface area contributed by atoms with Crippen molar-refractivity contribution in [2.75, 3.05) is 17.2 Å². The molecule has 2 aromatic carbocycles. The van der Waals surface area contributed by atoms with Gasteiger partial charge in [0.05, 0.1) is 0 Å². The second kappa shape index (κ2) is 5.74. The van der Waals surface area contributed by atoms with Crippen molar-refractivity contribution in [3.05, 3.63) is 59.4 Å². The topological polar surface area (TPSA) is 46.3 Å². The van der Waals surface area contributed by atoms with Gasteiger partial charge in [-0.25, -0.2) is 4.39 Å². The summed E-state index contributed by atoms with van der Waals surface area (Å²) in [7, 11) is 0. The molecule has 3 nitrogen and oxygen atoms in total. The first kappa shape index (κ1) is 14.1. The lowest BCUT2D eigenvalue weighted by Crippen LogP contribution is -2.30. The van der Waals surface area contributed by atoms with Crippen molar-refractivity contribution in [3.8, 4) is 0 Å². The van der Waals surface area contributed by atoms with Crippen molar-refractivity contribution >= 4 is 17.3 Å². The molecule has 2 rings (SSSR count). The standard InChI is InChI=1S/C16H17FN2O/c1-3-19(14-6-4-5-13(18)10-14)16(20)12-7-8-15(17)11(2)9-12/h4-10H,3,18H2,1-2H3. The summed E-state index contributed by atoms with van der Waals surface area (Å²) >= 11 is 0. The van der Waals surface area contributed by atoms with E-state index in [1.54, 1.807) is 36.1 Å². The van der Waals surface area contributed by atoms with E-state index >= 15 is 0 Å². The van der Waals surface area contributed by atoms with Crippen molar-refractivity contribution in [1.82, 2.24) is 0 Å². The SMILES string of the molecule is CCN(C(=O)c1ccc(F)c(C)c1)c1cccc(N)c1. The fraction of sp³-hybridized carbons (Fsp3) is 0.188. The molecule has 4 heteroatoms. The molecule has 0 heterocycles. The molecular weight excluding hydrogens is 255 g/mol. The number of aryl methyl sites for hydroxylation is 1. The van der Waals surface area contributed by atoms with Gasteiger partial charge < -0.3 is 10.6 Å². The van der Waals surface area contributed by atoms with Gasteiger partial charge in [-0.3, -0.25) is 4.79 Å². The monoisotopic (exact) mass is 272 g/mol. The minimum Gasteiger partial charge on any atom is -0.399 e. The molecule has 104 valence electrons. The summed E-state index contributed by atoms with van der Waals surface area (Å²) in [5.41, 5.74) is 8.01. The average molecular weight is 272 g/mol. The van der Waals surface area contributed by atoms with E-state index in [1.807, 2.05) is 13.0 Å². The van der Waals surface area contributed by atoms with Crippen LogP contribution in [0.15, 0.2) is 42.5 Å². The van der Waals surface area contributed by atoms with Crippen LogP contribution in [0.2, 0.25) is 0 Å². The third kappa shape index (κ3) is 2.79. The number of amides is 1. The van der Waals surface area contributed by atoms with Gasteiger partial charge in [0, 0.05) is 23.5 Å². The first-order valence-corrected chi connectivity index (χ1v) is 6.46. The van der Waals surface area contributed by atoms with Crippen LogP contribution in [0.3, 0.4) is 0 Å². The van der Waals surface area contributed by atoms with E-state index in [0.29, 0.717) is 23.4 Å². The molecule has 2 N–H and O–H groups in total. The Morgan fingerprint density at radius 1 is 1.25 bits per heavy atom. The molecule has 0 aliphatic heterocycles. The third-order valence-electron chi connectivity index (χ3n) is 3.15. The van der Waals surface area contributed by atoms with Gasteiger partial charge in [0.15, 0.2) is 0 Å². The zero-order valence-corrected chi connectivity index (χ0v) is 11.6. The molecule has 0 saturated heterocycles. The van der Waals surface area contributed by atoms with E-state index in [4.69, 9.17) is 5.73 Å². The van der Waals surface area contributed by atoms with Crippen molar-refractivity contribution in [3.63, 3.8) is 0 Å². The highest BCUT2D eigenvalue weighted by Gasteiger charge is 2.17. The number of hydrogen-bond donors (Lipinski definition) is 1. The number of anilines is 2. The van der Waals surface area contributed by atoms with Crippen LogP contribution in [-0.4, -0.2) is 12.5 Å². The molecule has 0 bridgehead atoms. The van der Waals surface area contributed by atoms with Crippen LogP contribution < -0.4 is 10.6 Å². The molecule has 0 unspecified atom stereocenters. The molecule has 0 fully saturated rings. The predicted molar refractivity (Wildman–Crippen MR) is 79.3 cm³/mol. The van der Waals surface area contributed by atoms with E-state index in [-0.39, 0.29) is 11.7 Å². The summed E-state index contributed by atoms with van der Waals surface area (Å²) in [5, 5.41) is 0. The summed E-state index contributed by atoms with van der Waals surface area (Å²) in [4.78, 5) is 14.1. The van der Waals surface area contributed by atoms with Crippen LogP contribution >= 0.6 is 0 Å². The number of benzene rings is 2. The lowest BCUT2D eigenvalue weighted by Gasteiger charge is -2.21. The number of nitrogens with zero attached hydrogens (tertiary/aromatic N) is 1. The second-order valence-corrected chi connectivity index (χ2v) is 4.61. The van der Waals surface area contributed by atoms with E-state index in [0.717, 1.165) is 5.69 Å². The fourth-order valence-electron chi connectivity index (χ4n) is 2.07. The molecule has 0 aromatic heterocycles. The normalized spacial score (nSPS) is 10.3. The maximum atomic E-state index is 13.3. The first-order chi connectivity index (χ1) is 9.52. The van der Waals surface area contributed by atoms with Crippen LogP contribution in [0.1, 0.15) is 22.8 Å². The lowest BCUT2D eigenvalue weighted by molar-refractivity contribution is 0.0988. The number of hydrogen-bond acceptors (Lipinski definition) is 2. The maximum Gasteiger partial charge on any atom is 0.258 e. The number of halogens is 1. The van der Waals surface area contributed by atoms with Crippen LogP contribution in [0, 0.1) is 12.7 Å². The largest absolute Gasteiger partial charge is 0.399 e. The number of carbonyl (C=O) groups is 1. The molecule has 0 aliphatic carbocycles. The molecule has 0 atom stereocenters. The number of carbonyl (C=O) groups excluding carboxylic acids is 1. The molecule has 0 aliphatic rings. The zero-order valence-electron chi connectivity index (χ0n) is 11.6. The summed E-state index contributed by atoms with van der Waals surface area (Å²) in [6.07, 6.45) is 0. The average Bonchev–Trinajstić information content (AvgIpc) is 2.42. The van der Waals surface area contributed by atoms with E-state index in [9.17, 15) is 9.18 Å². The van der Waals surface area contributed by atoms with Gasteiger partial charge in [-0.15, -0.1) is 0 Å². The van der Waals surface area contributed by atoms with Crippen LogP contribution in [-0.2, 0) is 0 Å². The zero-order chi connectivity index (χ0) is 14.7. The van der Waals surface area contributed by atoms with Gasteiger partial charge in [-0.1, -0.05) is 6.07 Å². The Morgan fingerprint density at radius 3 is 2.60 bits per heavy atom. The molecule has 0 radical (unpaired) electrons. The molecule has 1 amide bonds. The molecule has 2 aromatic rings. The highest BCUT2D eigenvalue weighted by atomic mass is 19.1. The highest BCUT2D eigenvalue weighted by Crippen LogP contribution is 2.20. The van der Waals surface area contributed by atoms with Crippen molar-refractivity contribution in [2.45, 2.75) is 13.8 Å². The molecular formula is C16H17FN2O. The van der Waals surface area contributed by atoms with Crippen LogP contribution in [0.5, 0.6) is 0 Å². The highest BCUT2D eigenvalue weighted by molar-refractivity contribution is 6.06. The quantitative estimate of drug-likeness (QED) is 0.871. The molecule has 0 saturated carbocycles. The summed E-state index contributed by atoms with van der Waals surface area (Å²) in [5.74, 6) is -0.477. The summed E-state index contributed by atoms with van der Waals surface area (Å²) in [6, 6.07) is 11.5. The Balaban J connectivity index is 2.36. The minimum absolute atomic E-state index is 0.166. The fourth-order valence-corrected chi connectivity index (χ4v) is 2.07. The van der Waals surface area contributed by atoms with E-state index < -0.39 is 0 Å². The number of nitrogens with two attached hydrogens (primary N) is 1. The Labute approximate surface area is 117 Å². The number of nitrogen functional groups attached to an aromatic ring is 1. The van der Waals surface area contributed by atoms with E-state index in [1.165, 1.54) is 12.1 Å². The molecule has 20 heavy (non-hydrogen) atoms. The molecule has 0 spiro atoms. The lowest BCUT2D eigenvalue weighted by atomic mass is 10.1. The first-order valence-electron chi connectivity index (χ1n) is 6.46. The van der Waals surface area contributed by atoms with Gasteiger partial charge in [0.2, 0.25) is 0 Å². The second-order valence-electron chi connectivity index (χ2n) is 4.61. The van der Waals surface area contributed by atoms with Crippen molar-refractivity contribution in [1.29, 1.82) is 0 Å². The Morgan fingerprint density at radius 2 is 2.00 bits per heavy atom. The van der Waals surface area contributed by atoms with E-state index in [2.05, 4.69) is 0 Å². The van der Waals surface area contributed by atoms with Gasteiger partial charge in [-0.05, 0) is 55.8 Å².